The minimum absolute atomic E-state index is 0.0671. The molecule has 2 aromatic carbocycles. The Bertz CT molecular complexity index is 1190. The number of aromatic nitrogens is 2. The highest BCUT2D eigenvalue weighted by Gasteiger charge is 2.23. The molecule has 162 valence electrons. The summed E-state index contributed by atoms with van der Waals surface area (Å²) in [5.41, 5.74) is 1.45. The van der Waals surface area contributed by atoms with Crippen molar-refractivity contribution in [2.45, 2.75) is 38.1 Å². The molecule has 0 bridgehead atoms. The molecule has 0 spiro atoms. The number of sulfonamides is 1. The first-order valence-electron chi connectivity index (χ1n) is 9.64. The largest absolute Gasteiger partial charge is 0.340 e. The maximum absolute atomic E-state index is 12.8. The molecule has 0 unspecified atom stereocenters. The third-order valence-corrected chi connectivity index (χ3v) is 5.91. The lowest BCUT2D eigenvalue weighted by atomic mass is 10.1. The monoisotopic (exact) mass is 439 g/mol. The fraction of sp³-hybridized carbons (Fsp3) is 0.227. The number of hydrogen-bond acceptors (Lipinski definition) is 6. The average molecular weight is 440 g/mol. The van der Waals surface area contributed by atoms with Crippen molar-refractivity contribution in [3.8, 4) is 0 Å². The minimum Gasteiger partial charge on any atom is -0.340 e. The van der Waals surface area contributed by atoms with Crippen LogP contribution in [0.1, 0.15) is 36.8 Å². The lowest BCUT2D eigenvalue weighted by molar-refractivity contribution is 0.102. The molecule has 0 saturated carbocycles. The summed E-state index contributed by atoms with van der Waals surface area (Å²) in [4.78, 5) is 21.0. The summed E-state index contributed by atoms with van der Waals surface area (Å²) in [7, 11) is -3.74. The van der Waals surface area contributed by atoms with Crippen LogP contribution >= 0.6 is 0 Å². The molecule has 3 aromatic rings. The molecule has 0 fully saturated rings. The molecule has 0 saturated heterocycles. The number of para-hydroxylation sites is 1. The van der Waals surface area contributed by atoms with Gasteiger partial charge in [0.15, 0.2) is 0 Å². The van der Waals surface area contributed by atoms with Crippen LogP contribution in [0, 0.1) is 6.92 Å². The summed E-state index contributed by atoms with van der Waals surface area (Å²) < 4.78 is 27.9. The van der Waals surface area contributed by atoms with E-state index in [1.807, 2.05) is 30.3 Å². The van der Waals surface area contributed by atoms with Gasteiger partial charge in [0.2, 0.25) is 10.0 Å². The van der Waals surface area contributed by atoms with Gasteiger partial charge in [-0.25, -0.2) is 23.1 Å². The maximum Gasteiger partial charge on any atom is 0.274 e. The lowest BCUT2D eigenvalue weighted by Crippen LogP contribution is -2.40. The molecule has 3 rings (SSSR count). The van der Waals surface area contributed by atoms with Crippen molar-refractivity contribution in [2.75, 3.05) is 10.6 Å². The number of hydrogen-bond donors (Lipinski definition) is 3. The number of carbonyl (C=O) groups is 1. The van der Waals surface area contributed by atoms with E-state index in [-0.39, 0.29) is 10.6 Å². The Morgan fingerprint density at radius 3 is 2.35 bits per heavy atom. The first-order chi connectivity index (χ1) is 14.5. The SMILES string of the molecule is Cc1ccc(S(=O)(=O)NC(C)(C)C)cc1NC(=O)c1cc(Nc2ccccc2)ncn1. The van der Waals surface area contributed by atoms with Crippen LogP contribution in [0.4, 0.5) is 17.2 Å². The van der Waals surface area contributed by atoms with Gasteiger partial charge in [-0.2, -0.15) is 0 Å². The number of amides is 1. The van der Waals surface area contributed by atoms with Gasteiger partial charge < -0.3 is 10.6 Å². The number of rotatable bonds is 6. The molecule has 0 atom stereocenters. The van der Waals surface area contributed by atoms with E-state index in [1.54, 1.807) is 33.8 Å². The summed E-state index contributed by atoms with van der Waals surface area (Å²) in [5, 5.41) is 5.85. The van der Waals surface area contributed by atoms with Crippen molar-refractivity contribution in [1.29, 1.82) is 0 Å². The van der Waals surface area contributed by atoms with Crippen molar-refractivity contribution in [3.05, 3.63) is 72.2 Å². The van der Waals surface area contributed by atoms with Crippen LogP contribution in [0.15, 0.2) is 65.8 Å². The van der Waals surface area contributed by atoms with Gasteiger partial charge in [-0.3, -0.25) is 4.79 Å². The molecule has 1 aromatic heterocycles. The second-order valence-corrected chi connectivity index (χ2v) is 9.75. The second kappa shape index (κ2) is 8.83. The fourth-order valence-electron chi connectivity index (χ4n) is 2.77. The highest BCUT2D eigenvalue weighted by molar-refractivity contribution is 7.89. The van der Waals surface area contributed by atoms with Gasteiger partial charge in [0.05, 0.1) is 4.90 Å². The number of benzene rings is 2. The second-order valence-electron chi connectivity index (χ2n) is 8.07. The van der Waals surface area contributed by atoms with Gasteiger partial charge in [-0.15, -0.1) is 0 Å². The summed E-state index contributed by atoms with van der Waals surface area (Å²) >= 11 is 0. The smallest absolute Gasteiger partial charge is 0.274 e. The van der Waals surface area contributed by atoms with Gasteiger partial charge in [-0.05, 0) is 57.5 Å². The highest BCUT2D eigenvalue weighted by atomic mass is 32.2. The number of aryl methyl sites for hydroxylation is 1. The zero-order valence-electron chi connectivity index (χ0n) is 17.8. The molecule has 1 amide bonds. The molecule has 8 nitrogen and oxygen atoms in total. The molecule has 1 heterocycles. The first kappa shape index (κ1) is 22.4. The van der Waals surface area contributed by atoms with Crippen molar-refractivity contribution in [1.82, 2.24) is 14.7 Å². The fourth-order valence-corrected chi connectivity index (χ4v) is 4.21. The summed E-state index contributed by atoms with van der Waals surface area (Å²) in [5.74, 6) is -0.00582. The Morgan fingerprint density at radius 2 is 1.68 bits per heavy atom. The van der Waals surface area contributed by atoms with E-state index in [9.17, 15) is 13.2 Å². The van der Waals surface area contributed by atoms with E-state index in [0.29, 0.717) is 11.5 Å². The molecule has 0 aliphatic carbocycles. The highest BCUT2D eigenvalue weighted by Crippen LogP contribution is 2.22. The van der Waals surface area contributed by atoms with Crippen molar-refractivity contribution >= 4 is 33.1 Å². The quantitative estimate of drug-likeness (QED) is 0.538. The number of nitrogens with one attached hydrogen (secondary N) is 3. The third-order valence-electron chi connectivity index (χ3n) is 4.15. The minimum atomic E-state index is -3.74. The summed E-state index contributed by atoms with van der Waals surface area (Å²) in [6, 6.07) is 15.5. The topological polar surface area (TPSA) is 113 Å². The van der Waals surface area contributed by atoms with Gasteiger partial charge in [-0.1, -0.05) is 24.3 Å². The van der Waals surface area contributed by atoms with Crippen LogP contribution in [0.2, 0.25) is 0 Å². The molecular weight excluding hydrogens is 414 g/mol. The van der Waals surface area contributed by atoms with Crippen molar-refractivity contribution < 1.29 is 13.2 Å². The van der Waals surface area contributed by atoms with Crippen LogP contribution in [0.25, 0.3) is 0 Å². The molecule has 9 heteroatoms. The molecule has 0 aliphatic heterocycles. The summed E-state index contributed by atoms with van der Waals surface area (Å²) in [6.07, 6.45) is 1.29. The Morgan fingerprint density at radius 1 is 0.968 bits per heavy atom. The van der Waals surface area contributed by atoms with Crippen LogP contribution in [0.5, 0.6) is 0 Å². The Balaban J connectivity index is 1.81. The molecule has 31 heavy (non-hydrogen) atoms. The van der Waals surface area contributed by atoms with E-state index >= 15 is 0 Å². The molecule has 3 N–H and O–H groups in total. The van der Waals surface area contributed by atoms with E-state index in [0.717, 1.165) is 11.3 Å². The number of nitrogens with zero attached hydrogens (tertiary/aromatic N) is 2. The number of carbonyl (C=O) groups excluding carboxylic acids is 1. The van der Waals surface area contributed by atoms with Crippen LogP contribution < -0.4 is 15.4 Å². The normalized spacial score (nSPS) is 11.7. The van der Waals surface area contributed by atoms with Crippen LogP contribution in [-0.4, -0.2) is 29.8 Å². The van der Waals surface area contributed by atoms with Crippen LogP contribution in [0.3, 0.4) is 0 Å². The van der Waals surface area contributed by atoms with E-state index in [4.69, 9.17) is 0 Å². The standard InChI is InChI=1S/C22H25N5O3S/c1-15-10-11-17(31(29,30)27-22(2,3)4)12-18(15)26-21(28)19-13-20(24-14-23-19)25-16-8-6-5-7-9-16/h5-14,27H,1-4H3,(H,26,28)(H,23,24,25). The Hall–Kier alpha value is -3.30. The van der Waals surface area contributed by atoms with Gasteiger partial charge in [0.1, 0.15) is 17.8 Å². The molecule has 0 radical (unpaired) electrons. The summed E-state index contributed by atoms with van der Waals surface area (Å²) in [6.45, 7) is 7.07. The maximum atomic E-state index is 12.8. The van der Waals surface area contributed by atoms with Crippen molar-refractivity contribution in [2.24, 2.45) is 0 Å². The zero-order chi connectivity index (χ0) is 22.6. The van der Waals surface area contributed by atoms with E-state index in [1.165, 1.54) is 24.5 Å². The predicted octanol–water partition coefficient (Wildman–Crippen LogP) is 3.86. The Labute approximate surface area is 182 Å². The molecule has 0 aliphatic rings. The van der Waals surface area contributed by atoms with E-state index in [2.05, 4.69) is 25.3 Å². The van der Waals surface area contributed by atoms with E-state index < -0.39 is 21.5 Å². The van der Waals surface area contributed by atoms with Crippen LogP contribution in [-0.2, 0) is 10.0 Å². The van der Waals surface area contributed by atoms with Crippen molar-refractivity contribution in [3.63, 3.8) is 0 Å². The lowest BCUT2D eigenvalue weighted by Gasteiger charge is -2.21. The average Bonchev–Trinajstić information content (AvgIpc) is 2.68. The predicted molar refractivity (Wildman–Crippen MR) is 121 cm³/mol. The first-order valence-corrected chi connectivity index (χ1v) is 11.1. The van der Waals surface area contributed by atoms with Gasteiger partial charge in [0.25, 0.3) is 5.91 Å². The van der Waals surface area contributed by atoms with Gasteiger partial charge >= 0.3 is 0 Å². The Kier molecular flexibility index (Phi) is 6.37. The number of anilines is 3. The van der Waals surface area contributed by atoms with Gasteiger partial charge in [0, 0.05) is 23.0 Å². The third kappa shape index (κ3) is 6.09. The molecular formula is C22H25N5O3S. The zero-order valence-corrected chi connectivity index (χ0v) is 18.6.